The molecule has 0 saturated heterocycles. The number of carbonyl (C=O) groups excluding carboxylic acids is 1. The first kappa shape index (κ1) is 17.1. The van der Waals surface area contributed by atoms with Gasteiger partial charge in [0.15, 0.2) is 0 Å². The summed E-state index contributed by atoms with van der Waals surface area (Å²) in [6, 6.07) is 13.4. The summed E-state index contributed by atoms with van der Waals surface area (Å²) in [6.45, 7) is -0.0226. The molecule has 8 nitrogen and oxygen atoms in total. The Bertz CT molecular complexity index is 1030. The third-order valence-corrected chi connectivity index (χ3v) is 5.42. The zero-order valence-electron chi connectivity index (χ0n) is 13.7. The number of benzene rings is 2. The van der Waals surface area contributed by atoms with Crippen LogP contribution in [0, 0.1) is 0 Å². The molecule has 1 heterocycles. The minimum atomic E-state index is -3.56. The molecular weight excluding hydrogens is 342 g/mol. The van der Waals surface area contributed by atoms with Crippen LogP contribution in [-0.4, -0.2) is 47.7 Å². The second-order valence-electron chi connectivity index (χ2n) is 5.60. The van der Waals surface area contributed by atoms with Crippen LogP contribution in [0.4, 0.5) is 5.69 Å². The van der Waals surface area contributed by atoms with E-state index in [1.165, 1.54) is 30.9 Å². The third-order valence-electron chi connectivity index (χ3n) is 3.61. The highest BCUT2D eigenvalue weighted by atomic mass is 32.2. The van der Waals surface area contributed by atoms with Crippen molar-refractivity contribution in [3.05, 3.63) is 48.5 Å². The van der Waals surface area contributed by atoms with Gasteiger partial charge in [-0.1, -0.05) is 23.4 Å². The Hall–Kier alpha value is -2.78. The van der Waals surface area contributed by atoms with E-state index in [0.29, 0.717) is 11.2 Å². The van der Waals surface area contributed by atoms with E-state index in [1.807, 2.05) is 24.3 Å². The minimum Gasteiger partial charge on any atom is -0.324 e. The molecule has 0 unspecified atom stereocenters. The van der Waals surface area contributed by atoms with Crippen LogP contribution in [0.2, 0.25) is 0 Å². The number of nitrogens with one attached hydrogen (secondary N) is 1. The SMILES string of the molecule is CN(C)S(=O)(=O)c1cccc(NC(=O)Cn2nnc3ccccc32)c1. The van der Waals surface area contributed by atoms with Crippen molar-refractivity contribution in [3.8, 4) is 0 Å². The van der Waals surface area contributed by atoms with Crippen molar-refractivity contribution in [1.29, 1.82) is 0 Å². The number of sulfonamides is 1. The van der Waals surface area contributed by atoms with Crippen molar-refractivity contribution >= 4 is 32.7 Å². The van der Waals surface area contributed by atoms with Crippen molar-refractivity contribution in [1.82, 2.24) is 19.3 Å². The van der Waals surface area contributed by atoms with Gasteiger partial charge in [0.2, 0.25) is 15.9 Å². The Kier molecular flexibility index (Phi) is 4.51. The fraction of sp³-hybridized carbons (Fsp3) is 0.188. The molecule has 0 aliphatic heterocycles. The van der Waals surface area contributed by atoms with Crippen LogP contribution >= 0.6 is 0 Å². The van der Waals surface area contributed by atoms with Gasteiger partial charge in [-0.05, 0) is 30.3 Å². The van der Waals surface area contributed by atoms with E-state index in [2.05, 4.69) is 15.6 Å². The predicted octanol–water partition coefficient (Wildman–Crippen LogP) is 1.32. The first-order valence-electron chi connectivity index (χ1n) is 7.48. The summed E-state index contributed by atoms with van der Waals surface area (Å²) < 4.78 is 26.9. The normalized spacial score (nSPS) is 11.8. The zero-order chi connectivity index (χ0) is 18.0. The molecule has 0 aliphatic carbocycles. The van der Waals surface area contributed by atoms with E-state index in [1.54, 1.807) is 12.1 Å². The Morgan fingerprint density at radius 1 is 1.16 bits per heavy atom. The lowest BCUT2D eigenvalue weighted by molar-refractivity contribution is -0.116. The summed E-state index contributed by atoms with van der Waals surface area (Å²) in [5, 5.41) is 10.6. The van der Waals surface area contributed by atoms with Crippen molar-refractivity contribution in [2.75, 3.05) is 19.4 Å². The monoisotopic (exact) mass is 359 g/mol. The maximum Gasteiger partial charge on any atom is 0.246 e. The number of para-hydroxylation sites is 1. The van der Waals surface area contributed by atoms with Crippen LogP contribution in [0.25, 0.3) is 11.0 Å². The van der Waals surface area contributed by atoms with Crippen LogP contribution in [-0.2, 0) is 21.4 Å². The largest absolute Gasteiger partial charge is 0.324 e. The molecule has 1 N–H and O–H groups in total. The smallest absolute Gasteiger partial charge is 0.246 e. The predicted molar refractivity (Wildman–Crippen MR) is 93.5 cm³/mol. The molecule has 1 aromatic heterocycles. The lowest BCUT2D eigenvalue weighted by Crippen LogP contribution is -2.23. The molecule has 0 saturated carbocycles. The molecule has 0 aliphatic rings. The molecule has 1 amide bonds. The van der Waals surface area contributed by atoms with Gasteiger partial charge in [-0.2, -0.15) is 0 Å². The molecule has 0 spiro atoms. The number of nitrogens with zero attached hydrogens (tertiary/aromatic N) is 4. The summed E-state index contributed by atoms with van der Waals surface area (Å²) in [5.41, 5.74) is 1.85. The maximum atomic E-state index is 12.3. The molecule has 130 valence electrons. The van der Waals surface area contributed by atoms with Crippen LogP contribution in [0.1, 0.15) is 0 Å². The van der Waals surface area contributed by atoms with Crippen molar-refractivity contribution in [2.45, 2.75) is 11.4 Å². The average molecular weight is 359 g/mol. The Morgan fingerprint density at radius 2 is 1.92 bits per heavy atom. The summed E-state index contributed by atoms with van der Waals surface area (Å²) in [5.74, 6) is -0.324. The number of hydrogen-bond acceptors (Lipinski definition) is 5. The number of carbonyl (C=O) groups is 1. The molecule has 25 heavy (non-hydrogen) atoms. The van der Waals surface area contributed by atoms with E-state index >= 15 is 0 Å². The van der Waals surface area contributed by atoms with Crippen LogP contribution in [0.15, 0.2) is 53.4 Å². The van der Waals surface area contributed by atoms with Crippen molar-refractivity contribution in [3.63, 3.8) is 0 Å². The van der Waals surface area contributed by atoms with Crippen molar-refractivity contribution in [2.24, 2.45) is 0 Å². The molecule has 3 rings (SSSR count). The van der Waals surface area contributed by atoms with E-state index in [4.69, 9.17) is 0 Å². The second kappa shape index (κ2) is 6.61. The molecule has 0 atom stereocenters. The van der Waals surface area contributed by atoms with Gasteiger partial charge in [-0.3, -0.25) is 4.79 Å². The lowest BCUT2D eigenvalue weighted by atomic mass is 10.3. The third kappa shape index (κ3) is 3.52. The minimum absolute atomic E-state index is 0.0226. The lowest BCUT2D eigenvalue weighted by Gasteiger charge is -2.12. The number of aromatic nitrogens is 3. The van der Waals surface area contributed by atoms with Crippen LogP contribution in [0.5, 0.6) is 0 Å². The topological polar surface area (TPSA) is 97.2 Å². The van der Waals surface area contributed by atoms with E-state index in [0.717, 1.165) is 9.82 Å². The van der Waals surface area contributed by atoms with E-state index in [-0.39, 0.29) is 17.3 Å². The number of anilines is 1. The van der Waals surface area contributed by atoms with Crippen LogP contribution in [0.3, 0.4) is 0 Å². The summed E-state index contributed by atoms with van der Waals surface area (Å²) in [6.07, 6.45) is 0. The summed E-state index contributed by atoms with van der Waals surface area (Å²) in [7, 11) is -0.650. The molecule has 0 radical (unpaired) electrons. The molecule has 0 bridgehead atoms. The molecule has 3 aromatic rings. The van der Waals surface area contributed by atoms with Gasteiger partial charge in [0.05, 0.1) is 10.4 Å². The molecule has 9 heteroatoms. The maximum absolute atomic E-state index is 12.3. The number of fused-ring (bicyclic) bond motifs is 1. The standard InChI is InChI=1S/C16H17N5O3S/c1-20(2)25(23,24)13-7-5-6-12(10-13)17-16(22)11-21-15-9-4-3-8-14(15)18-19-21/h3-10H,11H2,1-2H3,(H,17,22). The second-order valence-corrected chi connectivity index (χ2v) is 7.75. The molecule has 2 aromatic carbocycles. The Labute approximate surface area is 145 Å². The summed E-state index contributed by atoms with van der Waals surface area (Å²) >= 11 is 0. The van der Waals surface area contributed by atoms with Crippen LogP contribution < -0.4 is 5.32 Å². The first-order chi connectivity index (χ1) is 11.9. The number of rotatable bonds is 5. The van der Waals surface area contributed by atoms with Gasteiger partial charge in [-0.25, -0.2) is 17.4 Å². The molecule has 0 fully saturated rings. The highest BCUT2D eigenvalue weighted by Crippen LogP contribution is 2.18. The zero-order valence-corrected chi connectivity index (χ0v) is 14.6. The Balaban J connectivity index is 1.78. The van der Waals surface area contributed by atoms with Gasteiger partial charge >= 0.3 is 0 Å². The van der Waals surface area contributed by atoms with Gasteiger partial charge in [0.25, 0.3) is 0 Å². The van der Waals surface area contributed by atoms with Gasteiger partial charge < -0.3 is 5.32 Å². The Morgan fingerprint density at radius 3 is 2.68 bits per heavy atom. The first-order valence-corrected chi connectivity index (χ1v) is 8.92. The quantitative estimate of drug-likeness (QED) is 0.741. The number of amides is 1. The average Bonchev–Trinajstić information content (AvgIpc) is 2.98. The van der Waals surface area contributed by atoms with Gasteiger partial charge in [0.1, 0.15) is 12.1 Å². The van der Waals surface area contributed by atoms with Gasteiger partial charge in [0, 0.05) is 19.8 Å². The van der Waals surface area contributed by atoms with E-state index in [9.17, 15) is 13.2 Å². The van der Waals surface area contributed by atoms with Crippen molar-refractivity contribution < 1.29 is 13.2 Å². The highest BCUT2D eigenvalue weighted by Gasteiger charge is 2.17. The number of hydrogen-bond donors (Lipinski definition) is 1. The molecular formula is C16H17N5O3S. The fourth-order valence-corrected chi connectivity index (χ4v) is 3.26. The van der Waals surface area contributed by atoms with E-state index < -0.39 is 10.0 Å². The summed E-state index contributed by atoms with van der Waals surface area (Å²) in [4.78, 5) is 12.4. The van der Waals surface area contributed by atoms with Gasteiger partial charge in [-0.15, -0.1) is 5.10 Å². The fourth-order valence-electron chi connectivity index (χ4n) is 2.32. The highest BCUT2D eigenvalue weighted by molar-refractivity contribution is 7.89.